The number of carboxylic acids is 1. The van der Waals surface area contributed by atoms with Crippen LogP contribution in [0.2, 0.25) is 0 Å². The molecule has 0 saturated carbocycles. The molecule has 1 aliphatic rings. The van der Waals surface area contributed by atoms with E-state index in [1.165, 1.54) is 0 Å². The summed E-state index contributed by atoms with van der Waals surface area (Å²) >= 11 is 1.15. The second kappa shape index (κ2) is 5.80. The highest BCUT2D eigenvalue weighted by molar-refractivity contribution is 8.00. The summed E-state index contributed by atoms with van der Waals surface area (Å²) in [4.78, 5) is 10.6. The maximum absolute atomic E-state index is 10.6. The van der Waals surface area contributed by atoms with Gasteiger partial charge in [-0.2, -0.15) is 0 Å². The number of carbonyl (C=O) groups is 1. The fraction of sp³-hybridized carbons (Fsp3) is 0.875. The van der Waals surface area contributed by atoms with Crippen molar-refractivity contribution in [3.05, 3.63) is 0 Å². The first-order chi connectivity index (χ1) is 7.47. The number of rotatable bonds is 5. The third-order valence-corrected chi connectivity index (χ3v) is 3.65. The van der Waals surface area contributed by atoms with Crippen molar-refractivity contribution in [2.45, 2.75) is 29.7 Å². The van der Waals surface area contributed by atoms with E-state index in [1.807, 2.05) is 0 Å². The van der Waals surface area contributed by atoms with Crippen LogP contribution in [-0.2, 0) is 4.79 Å². The van der Waals surface area contributed by atoms with Crippen molar-refractivity contribution in [2.75, 3.05) is 12.4 Å². The lowest BCUT2D eigenvalue weighted by molar-refractivity contribution is -0.139. The number of aliphatic carboxylic acids is 1. The van der Waals surface area contributed by atoms with Gasteiger partial charge in [-0.05, 0) is 0 Å². The molecule has 1 rings (SSSR count). The summed E-state index contributed by atoms with van der Waals surface area (Å²) < 4.78 is 0. The molecule has 0 unspecified atom stereocenters. The smallest absolute Gasteiger partial charge is 0.321 e. The van der Waals surface area contributed by atoms with Crippen LogP contribution in [-0.4, -0.2) is 73.6 Å². The fourth-order valence-electron chi connectivity index (χ4n) is 1.35. The van der Waals surface area contributed by atoms with E-state index >= 15 is 0 Å². The minimum Gasteiger partial charge on any atom is -0.480 e. The summed E-state index contributed by atoms with van der Waals surface area (Å²) in [6.07, 6.45) is -4.29. The summed E-state index contributed by atoms with van der Waals surface area (Å²) in [7, 11) is 0. The van der Waals surface area contributed by atoms with Crippen LogP contribution in [0.25, 0.3) is 0 Å². The Hall–Kier alpha value is -0.380. The Morgan fingerprint density at radius 3 is 2.50 bits per heavy atom. The Balaban J connectivity index is 2.50. The van der Waals surface area contributed by atoms with Crippen LogP contribution < -0.4 is 5.32 Å². The van der Waals surface area contributed by atoms with E-state index in [0.717, 1.165) is 11.8 Å². The van der Waals surface area contributed by atoms with Gasteiger partial charge in [0.05, 0.1) is 12.0 Å². The molecule has 0 bridgehead atoms. The molecule has 8 heteroatoms. The molecule has 0 aromatic heterocycles. The molecule has 0 aromatic carbocycles. The van der Waals surface area contributed by atoms with Gasteiger partial charge in [-0.25, -0.2) is 0 Å². The average molecular weight is 253 g/mol. The van der Waals surface area contributed by atoms with E-state index in [1.54, 1.807) is 0 Å². The van der Waals surface area contributed by atoms with Crippen molar-refractivity contribution < 1.29 is 30.3 Å². The van der Waals surface area contributed by atoms with Gasteiger partial charge >= 0.3 is 5.97 Å². The van der Waals surface area contributed by atoms with Gasteiger partial charge < -0.3 is 25.5 Å². The highest BCUT2D eigenvalue weighted by atomic mass is 32.2. The van der Waals surface area contributed by atoms with Gasteiger partial charge in [0.1, 0.15) is 24.4 Å². The van der Waals surface area contributed by atoms with Gasteiger partial charge in [-0.1, -0.05) is 0 Å². The Kier molecular flexibility index (Phi) is 4.96. The van der Waals surface area contributed by atoms with Crippen molar-refractivity contribution >= 4 is 17.7 Å². The maximum Gasteiger partial charge on any atom is 0.321 e. The number of aliphatic hydroxyl groups excluding tert-OH is 4. The van der Waals surface area contributed by atoms with Crippen LogP contribution in [0.15, 0.2) is 0 Å². The molecule has 5 atom stereocenters. The molecule has 94 valence electrons. The molecule has 0 amide bonds. The monoisotopic (exact) mass is 253 g/mol. The molecular formula is C8H15NO6S. The highest BCUT2D eigenvalue weighted by Gasteiger charge is 2.38. The lowest BCUT2D eigenvalue weighted by Gasteiger charge is -2.25. The topological polar surface area (TPSA) is 130 Å². The number of carboxylic acid groups (broad SMARTS) is 1. The van der Waals surface area contributed by atoms with Crippen molar-refractivity contribution in [1.82, 2.24) is 5.32 Å². The summed E-state index contributed by atoms with van der Waals surface area (Å²) in [6, 6.07) is -0.775. The predicted octanol–water partition coefficient (Wildman–Crippen LogP) is -2.82. The van der Waals surface area contributed by atoms with Gasteiger partial charge in [-0.3, -0.25) is 10.1 Å². The standard InChI is InChI=1S/C8H15NO6S/c10-1-4(11)5(12)6(13)7-9-3(2-16-7)8(14)15/h3-7,9-13H,1-2H2,(H,14,15)/t3-,4+,5+,6-,7-/m1/s1. The lowest BCUT2D eigenvalue weighted by atomic mass is 10.1. The van der Waals surface area contributed by atoms with E-state index in [4.69, 9.17) is 15.3 Å². The first kappa shape index (κ1) is 13.7. The molecule has 0 radical (unpaired) electrons. The van der Waals surface area contributed by atoms with Crippen LogP contribution in [0.1, 0.15) is 0 Å². The van der Waals surface area contributed by atoms with Gasteiger partial charge in [0.15, 0.2) is 0 Å². The van der Waals surface area contributed by atoms with E-state index in [-0.39, 0.29) is 5.75 Å². The van der Waals surface area contributed by atoms with Gasteiger partial charge in [0, 0.05) is 5.75 Å². The lowest BCUT2D eigenvalue weighted by Crippen LogP contribution is -2.50. The molecular weight excluding hydrogens is 238 g/mol. The first-order valence-electron chi connectivity index (χ1n) is 4.73. The summed E-state index contributed by atoms with van der Waals surface area (Å²) in [6.45, 7) is -0.669. The van der Waals surface area contributed by atoms with Gasteiger partial charge in [0.2, 0.25) is 0 Å². The zero-order chi connectivity index (χ0) is 12.3. The van der Waals surface area contributed by atoms with Crippen LogP contribution in [0, 0.1) is 0 Å². The predicted molar refractivity (Wildman–Crippen MR) is 55.9 cm³/mol. The Labute approximate surface area is 96.1 Å². The molecule has 0 aliphatic carbocycles. The fourth-order valence-corrected chi connectivity index (χ4v) is 2.61. The van der Waals surface area contributed by atoms with Gasteiger partial charge in [-0.15, -0.1) is 11.8 Å². The molecule has 6 N–H and O–H groups in total. The molecule has 0 aromatic rings. The zero-order valence-corrected chi connectivity index (χ0v) is 9.17. The average Bonchev–Trinajstić information content (AvgIpc) is 2.75. The van der Waals surface area contributed by atoms with E-state index < -0.39 is 42.3 Å². The highest BCUT2D eigenvalue weighted by Crippen LogP contribution is 2.24. The molecule has 1 saturated heterocycles. The Bertz CT molecular complexity index is 253. The third kappa shape index (κ3) is 3.06. The van der Waals surface area contributed by atoms with Crippen LogP contribution in [0.5, 0.6) is 0 Å². The summed E-state index contributed by atoms with van der Waals surface area (Å²) in [5.74, 6) is -0.752. The number of hydrogen-bond donors (Lipinski definition) is 6. The largest absolute Gasteiger partial charge is 0.480 e. The zero-order valence-electron chi connectivity index (χ0n) is 8.35. The number of thioether (sulfide) groups is 1. The minimum atomic E-state index is -1.51. The quantitative estimate of drug-likeness (QED) is 0.309. The van der Waals surface area contributed by atoms with Crippen molar-refractivity contribution in [3.63, 3.8) is 0 Å². The van der Waals surface area contributed by atoms with Gasteiger partial charge in [0.25, 0.3) is 0 Å². The van der Waals surface area contributed by atoms with Crippen LogP contribution in [0.3, 0.4) is 0 Å². The maximum atomic E-state index is 10.6. The second-order valence-corrected chi connectivity index (χ2v) is 4.72. The van der Waals surface area contributed by atoms with E-state index in [9.17, 15) is 15.0 Å². The SMILES string of the molecule is O=C(O)[C@H]1CS[C@H]([C@H](O)[C@@H](O)[C@@H](O)CO)N1. The molecule has 1 aliphatic heterocycles. The Morgan fingerprint density at radius 2 is 2.06 bits per heavy atom. The normalized spacial score (nSPS) is 31.0. The first-order valence-corrected chi connectivity index (χ1v) is 5.77. The van der Waals surface area contributed by atoms with Crippen LogP contribution >= 0.6 is 11.8 Å². The summed E-state index contributed by atoms with van der Waals surface area (Å²) in [5.41, 5.74) is 0. The number of nitrogens with one attached hydrogen (secondary N) is 1. The van der Waals surface area contributed by atoms with E-state index in [2.05, 4.69) is 5.32 Å². The summed E-state index contributed by atoms with van der Waals surface area (Å²) in [5, 5.41) is 47.4. The third-order valence-electron chi connectivity index (χ3n) is 2.35. The number of hydrogen-bond acceptors (Lipinski definition) is 7. The number of aliphatic hydroxyl groups is 4. The molecule has 16 heavy (non-hydrogen) atoms. The Morgan fingerprint density at radius 1 is 1.44 bits per heavy atom. The molecule has 1 fully saturated rings. The minimum absolute atomic E-state index is 0.277. The molecule has 0 spiro atoms. The van der Waals surface area contributed by atoms with Crippen molar-refractivity contribution in [2.24, 2.45) is 0 Å². The van der Waals surface area contributed by atoms with Crippen LogP contribution in [0.4, 0.5) is 0 Å². The second-order valence-electron chi connectivity index (χ2n) is 3.54. The molecule has 1 heterocycles. The van der Waals surface area contributed by atoms with Crippen molar-refractivity contribution in [3.8, 4) is 0 Å². The van der Waals surface area contributed by atoms with Crippen molar-refractivity contribution in [1.29, 1.82) is 0 Å². The van der Waals surface area contributed by atoms with E-state index in [0.29, 0.717) is 0 Å². The molecule has 7 nitrogen and oxygen atoms in total.